The van der Waals surface area contributed by atoms with Gasteiger partial charge in [-0.1, -0.05) is 12.1 Å². The Morgan fingerprint density at radius 3 is 2.75 bits per heavy atom. The van der Waals surface area contributed by atoms with E-state index in [2.05, 4.69) is 25.7 Å². The third-order valence-corrected chi connectivity index (χ3v) is 2.51. The zero-order valence-corrected chi connectivity index (χ0v) is 10.9. The Kier molecular flexibility index (Phi) is 4.61. The SMILES string of the molecule is COc1nc(NN)nc(NCCc2cccc(F)c2)n1. The molecule has 4 N–H and O–H groups in total. The molecule has 0 aliphatic heterocycles. The van der Waals surface area contributed by atoms with Gasteiger partial charge in [-0.25, -0.2) is 10.2 Å². The van der Waals surface area contributed by atoms with Gasteiger partial charge in [-0.3, -0.25) is 5.43 Å². The summed E-state index contributed by atoms with van der Waals surface area (Å²) < 4.78 is 18.0. The fraction of sp³-hybridized carbons (Fsp3) is 0.250. The molecule has 0 saturated heterocycles. The van der Waals surface area contributed by atoms with Crippen LogP contribution >= 0.6 is 0 Å². The van der Waals surface area contributed by atoms with Crippen LogP contribution in [0, 0.1) is 5.82 Å². The molecule has 1 heterocycles. The predicted molar refractivity (Wildman–Crippen MR) is 72.8 cm³/mol. The summed E-state index contributed by atoms with van der Waals surface area (Å²) in [5, 5.41) is 3.00. The first-order valence-electron chi connectivity index (χ1n) is 5.96. The average molecular weight is 278 g/mol. The number of hydrazine groups is 1. The number of anilines is 2. The molecule has 106 valence electrons. The van der Waals surface area contributed by atoms with Crippen LogP contribution in [0.2, 0.25) is 0 Å². The standard InChI is InChI=1S/C12H15FN6O/c1-20-12-17-10(16-11(18-12)19-14)15-6-5-8-3-2-4-9(13)7-8/h2-4,7H,5-6,14H2,1H3,(H2,15,16,17,18,19). The lowest BCUT2D eigenvalue weighted by Gasteiger charge is -2.07. The summed E-state index contributed by atoms with van der Waals surface area (Å²) in [5.74, 6) is 5.53. The molecule has 0 unspecified atom stereocenters. The molecule has 0 fully saturated rings. The van der Waals surface area contributed by atoms with Gasteiger partial charge in [0.25, 0.3) is 0 Å². The van der Waals surface area contributed by atoms with Gasteiger partial charge >= 0.3 is 6.01 Å². The monoisotopic (exact) mass is 278 g/mol. The fourth-order valence-electron chi connectivity index (χ4n) is 1.60. The van der Waals surface area contributed by atoms with E-state index in [0.29, 0.717) is 18.9 Å². The van der Waals surface area contributed by atoms with Crippen LogP contribution in [-0.4, -0.2) is 28.6 Å². The molecule has 0 radical (unpaired) electrons. The van der Waals surface area contributed by atoms with Crippen molar-refractivity contribution in [1.82, 2.24) is 15.0 Å². The highest BCUT2D eigenvalue weighted by Crippen LogP contribution is 2.10. The Balaban J connectivity index is 1.96. The van der Waals surface area contributed by atoms with Crippen molar-refractivity contribution in [2.45, 2.75) is 6.42 Å². The molecule has 1 aromatic heterocycles. The summed E-state index contributed by atoms with van der Waals surface area (Å²) in [6, 6.07) is 6.58. The summed E-state index contributed by atoms with van der Waals surface area (Å²) in [4.78, 5) is 11.9. The summed E-state index contributed by atoms with van der Waals surface area (Å²) in [7, 11) is 1.45. The minimum absolute atomic E-state index is 0.154. The van der Waals surface area contributed by atoms with Crippen LogP contribution in [0.5, 0.6) is 6.01 Å². The first-order chi connectivity index (χ1) is 9.71. The van der Waals surface area contributed by atoms with Gasteiger partial charge in [-0.15, -0.1) is 0 Å². The van der Waals surface area contributed by atoms with E-state index in [1.165, 1.54) is 19.2 Å². The van der Waals surface area contributed by atoms with E-state index in [1.54, 1.807) is 6.07 Å². The van der Waals surface area contributed by atoms with Crippen molar-refractivity contribution in [3.8, 4) is 6.01 Å². The fourth-order valence-corrected chi connectivity index (χ4v) is 1.60. The number of ether oxygens (including phenoxy) is 1. The molecule has 0 saturated carbocycles. The van der Waals surface area contributed by atoms with Crippen molar-refractivity contribution in [2.75, 3.05) is 24.4 Å². The molecular formula is C12H15FN6O. The number of hydrogen-bond donors (Lipinski definition) is 3. The topological polar surface area (TPSA) is 98.0 Å². The number of hydrogen-bond acceptors (Lipinski definition) is 7. The summed E-state index contributed by atoms with van der Waals surface area (Å²) in [6.07, 6.45) is 0.636. The summed E-state index contributed by atoms with van der Waals surface area (Å²) >= 11 is 0. The Bertz CT molecular complexity index is 557. The summed E-state index contributed by atoms with van der Waals surface area (Å²) in [6.45, 7) is 0.542. The molecule has 8 heteroatoms. The van der Waals surface area contributed by atoms with Gasteiger partial charge < -0.3 is 10.1 Å². The molecular weight excluding hydrogens is 263 g/mol. The highest BCUT2D eigenvalue weighted by Gasteiger charge is 2.05. The second-order valence-electron chi connectivity index (χ2n) is 3.92. The van der Waals surface area contributed by atoms with Crippen LogP contribution in [-0.2, 0) is 6.42 Å². The van der Waals surface area contributed by atoms with E-state index in [0.717, 1.165) is 5.56 Å². The van der Waals surface area contributed by atoms with E-state index in [4.69, 9.17) is 10.6 Å². The van der Waals surface area contributed by atoms with Gasteiger partial charge in [0.2, 0.25) is 11.9 Å². The Hall–Kier alpha value is -2.48. The normalized spacial score (nSPS) is 10.2. The zero-order chi connectivity index (χ0) is 14.4. The van der Waals surface area contributed by atoms with E-state index < -0.39 is 0 Å². The number of methoxy groups -OCH3 is 1. The molecule has 0 atom stereocenters. The maximum atomic E-state index is 13.0. The number of nitrogen functional groups attached to an aromatic ring is 1. The van der Waals surface area contributed by atoms with Crippen LogP contribution < -0.4 is 21.3 Å². The van der Waals surface area contributed by atoms with Crippen molar-refractivity contribution < 1.29 is 9.13 Å². The number of aromatic nitrogens is 3. The molecule has 7 nitrogen and oxygen atoms in total. The van der Waals surface area contributed by atoms with Gasteiger partial charge in [-0.2, -0.15) is 15.0 Å². The highest BCUT2D eigenvalue weighted by molar-refractivity contribution is 5.35. The molecule has 2 aromatic rings. The van der Waals surface area contributed by atoms with E-state index in [1.807, 2.05) is 6.07 Å². The third kappa shape index (κ3) is 3.75. The van der Waals surface area contributed by atoms with Crippen molar-refractivity contribution in [1.29, 1.82) is 0 Å². The second-order valence-corrected chi connectivity index (χ2v) is 3.92. The number of nitrogens with two attached hydrogens (primary N) is 1. The first-order valence-corrected chi connectivity index (χ1v) is 5.96. The molecule has 20 heavy (non-hydrogen) atoms. The Morgan fingerprint density at radius 2 is 2.05 bits per heavy atom. The van der Waals surface area contributed by atoms with Gasteiger partial charge in [0.05, 0.1) is 7.11 Å². The maximum absolute atomic E-state index is 13.0. The van der Waals surface area contributed by atoms with Gasteiger partial charge in [-0.05, 0) is 24.1 Å². The van der Waals surface area contributed by atoms with Crippen LogP contribution in [0.3, 0.4) is 0 Å². The minimum Gasteiger partial charge on any atom is -0.467 e. The van der Waals surface area contributed by atoms with E-state index >= 15 is 0 Å². The van der Waals surface area contributed by atoms with E-state index in [9.17, 15) is 4.39 Å². The van der Waals surface area contributed by atoms with Crippen molar-refractivity contribution in [3.63, 3.8) is 0 Å². The van der Waals surface area contributed by atoms with Gasteiger partial charge in [0.15, 0.2) is 0 Å². The van der Waals surface area contributed by atoms with Crippen LogP contribution in [0.1, 0.15) is 5.56 Å². The lowest BCUT2D eigenvalue weighted by atomic mass is 10.1. The lowest BCUT2D eigenvalue weighted by molar-refractivity contribution is 0.379. The van der Waals surface area contributed by atoms with Crippen molar-refractivity contribution >= 4 is 11.9 Å². The highest BCUT2D eigenvalue weighted by atomic mass is 19.1. The number of nitrogens with zero attached hydrogens (tertiary/aromatic N) is 3. The lowest BCUT2D eigenvalue weighted by Crippen LogP contribution is -2.15. The Morgan fingerprint density at radius 1 is 1.25 bits per heavy atom. The smallest absolute Gasteiger partial charge is 0.322 e. The molecule has 1 aromatic carbocycles. The average Bonchev–Trinajstić information content (AvgIpc) is 2.47. The number of rotatable bonds is 6. The summed E-state index contributed by atoms with van der Waals surface area (Å²) in [5.41, 5.74) is 3.21. The molecule has 0 amide bonds. The molecule has 2 rings (SSSR count). The van der Waals surface area contributed by atoms with Crippen LogP contribution in [0.25, 0.3) is 0 Å². The number of nitrogens with one attached hydrogen (secondary N) is 2. The van der Waals surface area contributed by atoms with Gasteiger partial charge in [0, 0.05) is 6.54 Å². The quantitative estimate of drug-likeness (QED) is 0.534. The molecule has 0 aliphatic carbocycles. The third-order valence-electron chi connectivity index (χ3n) is 2.51. The van der Waals surface area contributed by atoms with E-state index in [-0.39, 0.29) is 17.8 Å². The predicted octanol–water partition coefficient (Wildman–Crippen LogP) is 0.959. The van der Waals surface area contributed by atoms with Gasteiger partial charge in [0.1, 0.15) is 5.82 Å². The maximum Gasteiger partial charge on any atom is 0.322 e. The van der Waals surface area contributed by atoms with Crippen molar-refractivity contribution in [2.24, 2.45) is 5.84 Å². The Labute approximate surface area is 115 Å². The largest absolute Gasteiger partial charge is 0.467 e. The molecule has 0 aliphatic rings. The van der Waals surface area contributed by atoms with Crippen LogP contribution in [0.4, 0.5) is 16.3 Å². The number of halogens is 1. The molecule has 0 bridgehead atoms. The number of benzene rings is 1. The first kappa shape index (κ1) is 13.9. The minimum atomic E-state index is -0.251. The van der Waals surface area contributed by atoms with Crippen molar-refractivity contribution in [3.05, 3.63) is 35.6 Å². The zero-order valence-electron chi connectivity index (χ0n) is 10.9. The van der Waals surface area contributed by atoms with Crippen LogP contribution in [0.15, 0.2) is 24.3 Å². The second kappa shape index (κ2) is 6.62. The molecule has 0 spiro atoms.